The summed E-state index contributed by atoms with van der Waals surface area (Å²) >= 11 is 0. The Labute approximate surface area is 78.2 Å². The highest BCUT2D eigenvalue weighted by molar-refractivity contribution is 7.91. The molecule has 0 saturated carbocycles. The molecule has 0 spiro atoms. The molecular formula is C8H14O4S. The topological polar surface area (TPSA) is 60.4 Å². The first kappa shape index (κ1) is 10.5. The fourth-order valence-electron chi connectivity index (χ4n) is 1.31. The number of rotatable bonds is 2. The van der Waals surface area contributed by atoms with Crippen LogP contribution in [0.3, 0.4) is 0 Å². The van der Waals surface area contributed by atoms with E-state index in [1.807, 2.05) is 0 Å². The quantitative estimate of drug-likeness (QED) is 0.612. The van der Waals surface area contributed by atoms with Gasteiger partial charge in [0.25, 0.3) is 0 Å². The normalized spacial score (nSPS) is 26.2. The van der Waals surface area contributed by atoms with E-state index in [0.717, 1.165) is 0 Å². The van der Waals surface area contributed by atoms with Gasteiger partial charge in [-0.1, -0.05) is 0 Å². The summed E-state index contributed by atoms with van der Waals surface area (Å²) in [6.07, 6.45) is 0.240. The summed E-state index contributed by atoms with van der Waals surface area (Å²) in [4.78, 5) is 11.3. The lowest BCUT2D eigenvalue weighted by molar-refractivity contribution is -0.151. The summed E-state index contributed by atoms with van der Waals surface area (Å²) in [5, 5.41) is 0. The second-order valence-corrected chi connectivity index (χ2v) is 5.81. The van der Waals surface area contributed by atoms with Gasteiger partial charge < -0.3 is 4.74 Å². The van der Waals surface area contributed by atoms with E-state index in [-0.39, 0.29) is 23.6 Å². The van der Waals surface area contributed by atoms with Crippen molar-refractivity contribution < 1.29 is 17.9 Å². The highest BCUT2D eigenvalue weighted by Crippen LogP contribution is 2.20. The minimum atomic E-state index is -2.98. The third kappa shape index (κ3) is 2.99. The maximum absolute atomic E-state index is 11.3. The van der Waals surface area contributed by atoms with E-state index in [1.54, 1.807) is 13.8 Å². The Morgan fingerprint density at radius 2 is 2.08 bits per heavy atom. The summed E-state index contributed by atoms with van der Waals surface area (Å²) in [6, 6.07) is 0. The van der Waals surface area contributed by atoms with E-state index in [9.17, 15) is 13.2 Å². The summed E-state index contributed by atoms with van der Waals surface area (Å²) in [7, 11) is -2.98. The number of hydrogen-bond donors (Lipinski definition) is 0. The van der Waals surface area contributed by atoms with E-state index in [1.165, 1.54) is 0 Å². The Morgan fingerprint density at radius 3 is 2.46 bits per heavy atom. The van der Waals surface area contributed by atoms with Crippen LogP contribution in [0.5, 0.6) is 0 Å². The Kier molecular flexibility index (Phi) is 2.95. The third-order valence-electron chi connectivity index (χ3n) is 1.92. The fraction of sp³-hybridized carbons (Fsp3) is 0.875. The Bertz CT molecular complexity index is 291. The fourth-order valence-corrected chi connectivity index (χ4v) is 3.04. The first-order chi connectivity index (χ1) is 5.91. The van der Waals surface area contributed by atoms with Gasteiger partial charge in [-0.05, 0) is 20.3 Å². The van der Waals surface area contributed by atoms with Crippen molar-refractivity contribution in [1.82, 2.24) is 0 Å². The molecule has 1 saturated heterocycles. The number of carbonyl (C=O) groups excluding carboxylic acids is 1. The summed E-state index contributed by atoms with van der Waals surface area (Å²) in [6.45, 7) is 3.50. The van der Waals surface area contributed by atoms with Crippen molar-refractivity contribution in [2.45, 2.75) is 26.4 Å². The number of carbonyl (C=O) groups is 1. The van der Waals surface area contributed by atoms with Gasteiger partial charge in [-0.15, -0.1) is 0 Å². The van der Waals surface area contributed by atoms with Crippen LogP contribution < -0.4 is 0 Å². The molecule has 76 valence electrons. The number of ether oxygens (including phenoxy) is 1. The van der Waals surface area contributed by atoms with Gasteiger partial charge in [-0.2, -0.15) is 0 Å². The molecule has 1 aliphatic rings. The zero-order valence-electron chi connectivity index (χ0n) is 7.82. The van der Waals surface area contributed by atoms with Crippen LogP contribution in [0.25, 0.3) is 0 Å². The predicted molar refractivity (Wildman–Crippen MR) is 48.0 cm³/mol. The van der Waals surface area contributed by atoms with Crippen molar-refractivity contribution in [2.24, 2.45) is 5.92 Å². The molecule has 5 heteroatoms. The Balaban J connectivity index is 2.52. The second-order valence-electron chi connectivity index (χ2n) is 3.59. The first-order valence-electron chi connectivity index (χ1n) is 4.31. The standard InChI is InChI=1S/C8H14O4S/c1-6(2)12-8(9)7-3-4-13(10,11)5-7/h6-7H,3-5H2,1-2H3. The molecule has 0 amide bonds. The molecular weight excluding hydrogens is 192 g/mol. The molecule has 1 atom stereocenters. The lowest BCUT2D eigenvalue weighted by Gasteiger charge is -2.10. The first-order valence-corrected chi connectivity index (χ1v) is 6.14. The molecule has 0 aromatic carbocycles. The van der Waals surface area contributed by atoms with Crippen molar-refractivity contribution >= 4 is 15.8 Å². The molecule has 0 N–H and O–H groups in total. The van der Waals surface area contributed by atoms with Crippen molar-refractivity contribution in [3.8, 4) is 0 Å². The molecule has 0 radical (unpaired) electrons. The Morgan fingerprint density at radius 1 is 1.46 bits per heavy atom. The van der Waals surface area contributed by atoms with E-state index in [2.05, 4.69) is 0 Å². The molecule has 13 heavy (non-hydrogen) atoms. The van der Waals surface area contributed by atoms with Gasteiger partial charge in [0.2, 0.25) is 0 Å². The van der Waals surface area contributed by atoms with Gasteiger partial charge in [-0.3, -0.25) is 4.79 Å². The van der Waals surface area contributed by atoms with Gasteiger partial charge in [0.15, 0.2) is 9.84 Å². The molecule has 4 nitrogen and oxygen atoms in total. The molecule has 1 heterocycles. The van der Waals surface area contributed by atoms with E-state index >= 15 is 0 Å². The monoisotopic (exact) mass is 206 g/mol. The average Bonchev–Trinajstić information content (AvgIpc) is 2.28. The molecule has 1 aliphatic heterocycles. The zero-order chi connectivity index (χ0) is 10.1. The van der Waals surface area contributed by atoms with Gasteiger partial charge in [0.05, 0.1) is 23.5 Å². The highest BCUT2D eigenvalue weighted by atomic mass is 32.2. The molecule has 0 aromatic rings. The van der Waals surface area contributed by atoms with E-state index in [0.29, 0.717) is 6.42 Å². The summed E-state index contributed by atoms with van der Waals surface area (Å²) < 4.78 is 27.0. The highest BCUT2D eigenvalue weighted by Gasteiger charge is 2.34. The minimum absolute atomic E-state index is 0.0431. The van der Waals surface area contributed by atoms with Crippen LogP contribution in [0.4, 0.5) is 0 Å². The number of esters is 1. The maximum Gasteiger partial charge on any atom is 0.310 e. The van der Waals surface area contributed by atoms with Crippen LogP contribution in [-0.4, -0.2) is 32.0 Å². The van der Waals surface area contributed by atoms with Gasteiger partial charge >= 0.3 is 5.97 Å². The SMILES string of the molecule is CC(C)OC(=O)C1CCS(=O)(=O)C1. The van der Waals surface area contributed by atoms with Crippen LogP contribution in [0, 0.1) is 5.92 Å². The molecule has 1 rings (SSSR count). The van der Waals surface area contributed by atoms with Crippen molar-refractivity contribution in [3.05, 3.63) is 0 Å². The lowest BCUT2D eigenvalue weighted by atomic mass is 10.1. The van der Waals surface area contributed by atoms with Gasteiger partial charge in [0, 0.05) is 0 Å². The minimum Gasteiger partial charge on any atom is -0.463 e. The smallest absolute Gasteiger partial charge is 0.310 e. The number of sulfone groups is 1. The van der Waals surface area contributed by atoms with Crippen LogP contribution in [0.1, 0.15) is 20.3 Å². The Hall–Kier alpha value is -0.580. The predicted octanol–water partition coefficient (Wildman–Crippen LogP) is 0.373. The lowest BCUT2D eigenvalue weighted by Crippen LogP contribution is -2.22. The molecule has 0 aliphatic carbocycles. The van der Waals surface area contributed by atoms with Crippen LogP contribution in [-0.2, 0) is 19.4 Å². The summed E-state index contributed by atoms with van der Waals surface area (Å²) in [5.74, 6) is -0.743. The number of hydrogen-bond acceptors (Lipinski definition) is 4. The summed E-state index contributed by atoms with van der Waals surface area (Å²) in [5.41, 5.74) is 0. The van der Waals surface area contributed by atoms with Crippen molar-refractivity contribution in [3.63, 3.8) is 0 Å². The second kappa shape index (κ2) is 3.65. The van der Waals surface area contributed by atoms with Crippen molar-refractivity contribution in [2.75, 3.05) is 11.5 Å². The maximum atomic E-state index is 11.3. The molecule has 1 fully saturated rings. The zero-order valence-corrected chi connectivity index (χ0v) is 8.63. The van der Waals surface area contributed by atoms with Crippen molar-refractivity contribution in [1.29, 1.82) is 0 Å². The average molecular weight is 206 g/mol. The van der Waals surface area contributed by atoms with Crippen LogP contribution in [0.15, 0.2) is 0 Å². The van der Waals surface area contributed by atoms with Crippen LogP contribution in [0.2, 0.25) is 0 Å². The largest absolute Gasteiger partial charge is 0.463 e. The molecule has 0 bridgehead atoms. The van der Waals surface area contributed by atoms with Gasteiger partial charge in [0.1, 0.15) is 0 Å². The molecule has 1 unspecified atom stereocenters. The van der Waals surface area contributed by atoms with E-state index in [4.69, 9.17) is 4.74 Å². The molecule has 0 aromatic heterocycles. The van der Waals surface area contributed by atoms with E-state index < -0.39 is 15.8 Å². The van der Waals surface area contributed by atoms with Crippen LogP contribution >= 0.6 is 0 Å². The van der Waals surface area contributed by atoms with Gasteiger partial charge in [-0.25, -0.2) is 8.42 Å². The third-order valence-corrected chi connectivity index (χ3v) is 3.69.